The number of benzene rings is 2. The molecule has 6 heteroatoms. The van der Waals surface area contributed by atoms with Crippen LogP contribution in [-0.4, -0.2) is 49.1 Å². The molecule has 0 aromatic heterocycles. The van der Waals surface area contributed by atoms with Crippen molar-refractivity contribution in [2.24, 2.45) is 0 Å². The molecule has 1 N–H and O–H groups in total. The maximum atomic E-state index is 12.8. The lowest BCUT2D eigenvalue weighted by molar-refractivity contribution is -0.136. The molecule has 0 radical (unpaired) electrons. The maximum Gasteiger partial charge on any atom is 0.233 e. The summed E-state index contributed by atoms with van der Waals surface area (Å²) in [6.07, 6.45) is 1.75. The fraction of sp³-hybridized carbons (Fsp3) is 0.391. The molecule has 0 saturated carbocycles. The first kappa shape index (κ1) is 20.9. The van der Waals surface area contributed by atoms with Crippen LogP contribution in [0.25, 0.3) is 0 Å². The molecule has 2 aromatic carbocycles. The van der Waals surface area contributed by atoms with Crippen molar-refractivity contribution in [3.8, 4) is 5.75 Å². The number of carbonyl (C=O) groups is 2. The molecule has 0 aliphatic carbocycles. The van der Waals surface area contributed by atoms with Crippen LogP contribution in [0.3, 0.4) is 0 Å². The third-order valence-electron chi connectivity index (χ3n) is 4.79. The van der Waals surface area contributed by atoms with Gasteiger partial charge in [-0.05, 0) is 49.6 Å². The average Bonchev–Trinajstić information content (AvgIpc) is 3.21. The molecule has 29 heavy (non-hydrogen) atoms. The fourth-order valence-electron chi connectivity index (χ4n) is 3.32. The number of ether oxygens (including phenoxy) is 2. The predicted molar refractivity (Wildman–Crippen MR) is 112 cm³/mol. The average molecular weight is 396 g/mol. The first-order valence-electron chi connectivity index (χ1n) is 10.0. The topological polar surface area (TPSA) is 67.9 Å². The number of rotatable bonds is 9. The van der Waals surface area contributed by atoms with E-state index in [0.717, 1.165) is 30.8 Å². The number of para-hydroxylation sites is 1. The Morgan fingerprint density at radius 1 is 1.17 bits per heavy atom. The van der Waals surface area contributed by atoms with Crippen LogP contribution in [0.2, 0.25) is 0 Å². The van der Waals surface area contributed by atoms with Crippen LogP contribution in [0.1, 0.15) is 24.8 Å². The Balaban J connectivity index is 1.54. The van der Waals surface area contributed by atoms with Crippen molar-refractivity contribution in [2.75, 3.05) is 31.6 Å². The zero-order valence-corrected chi connectivity index (χ0v) is 16.8. The number of hydrogen-bond donors (Lipinski definition) is 1. The Morgan fingerprint density at radius 2 is 2.00 bits per heavy atom. The molecule has 3 rings (SSSR count). The lowest BCUT2D eigenvalue weighted by Gasteiger charge is -2.25. The van der Waals surface area contributed by atoms with E-state index in [0.29, 0.717) is 25.4 Å². The monoisotopic (exact) mass is 396 g/mol. The molecular formula is C23H28N2O4. The van der Waals surface area contributed by atoms with Gasteiger partial charge in [0.25, 0.3) is 0 Å². The number of amides is 2. The molecule has 1 saturated heterocycles. The van der Waals surface area contributed by atoms with Gasteiger partial charge in [-0.25, -0.2) is 0 Å². The second-order valence-electron chi connectivity index (χ2n) is 7.23. The van der Waals surface area contributed by atoms with E-state index in [4.69, 9.17) is 9.47 Å². The van der Waals surface area contributed by atoms with Gasteiger partial charge in [-0.15, -0.1) is 0 Å². The van der Waals surface area contributed by atoms with Gasteiger partial charge in [-0.2, -0.15) is 0 Å². The minimum Gasteiger partial charge on any atom is -0.492 e. The molecule has 0 bridgehead atoms. The number of hydrogen-bond acceptors (Lipinski definition) is 4. The van der Waals surface area contributed by atoms with E-state index in [9.17, 15) is 9.59 Å². The highest BCUT2D eigenvalue weighted by molar-refractivity contribution is 6.03. The zero-order valence-electron chi connectivity index (χ0n) is 16.8. The summed E-state index contributed by atoms with van der Waals surface area (Å²) in [5, 5.41) is 2.80. The second kappa shape index (κ2) is 10.6. The van der Waals surface area contributed by atoms with Crippen molar-refractivity contribution in [1.29, 1.82) is 0 Å². The summed E-state index contributed by atoms with van der Waals surface area (Å²) >= 11 is 0. The normalized spacial score (nSPS) is 15.7. The Morgan fingerprint density at radius 3 is 2.72 bits per heavy atom. The van der Waals surface area contributed by atoms with Crippen LogP contribution in [0, 0.1) is 6.92 Å². The van der Waals surface area contributed by atoms with Gasteiger partial charge in [-0.3, -0.25) is 9.59 Å². The van der Waals surface area contributed by atoms with Gasteiger partial charge in [-0.1, -0.05) is 30.3 Å². The van der Waals surface area contributed by atoms with Crippen molar-refractivity contribution in [2.45, 2.75) is 32.3 Å². The number of anilines is 1. The molecule has 1 aliphatic rings. The lowest BCUT2D eigenvalue weighted by Crippen LogP contribution is -2.41. The van der Waals surface area contributed by atoms with E-state index < -0.39 is 0 Å². The first-order chi connectivity index (χ1) is 14.1. The van der Waals surface area contributed by atoms with Gasteiger partial charge in [0.1, 0.15) is 18.8 Å². The Labute approximate surface area is 171 Å². The van der Waals surface area contributed by atoms with Crippen LogP contribution < -0.4 is 10.1 Å². The summed E-state index contributed by atoms with van der Waals surface area (Å²) < 4.78 is 11.4. The summed E-state index contributed by atoms with van der Waals surface area (Å²) in [5.41, 5.74) is 1.74. The Hall–Kier alpha value is -2.86. The van der Waals surface area contributed by atoms with E-state index in [1.807, 2.05) is 61.5 Å². The summed E-state index contributed by atoms with van der Waals surface area (Å²) in [4.78, 5) is 26.8. The molecule has 2 amide bonds. The second-order valence-corrected chi connectivity index (χ2v) is 7.23. The molecule has 0 spiro atoms. The van der Waals surface area contributed by atoms with Gasteiger partial charge >= 0.3 is 0 Å². The van der Waals surface area contributed by atoms with Crippen molar-refractivity contribution >= 4 is 17.5 Å². The highest BCUT2D eigenvalue weighted by atomic mass is 16.5. The van der Waals surface area contributed by atoms with Gasteiger partial charge in [0.15, 0.2) is 0 Å². The van der Waals surface area contributed by atoms with Crippen molar-refractivity contribution < 1.29 is 19.1 Å². The van der Waals surface area contributed by atoms with Crippen LogP contribution in [-0.2, 0) is 14.3 Å². The Kier molecular flexibility index (Phi) is 7.64. The van der Waals surface area contributed by atoms with Crippen molar-refractivity contribution in [1.82, 2.24) is 4.90 Å². The largest absolute Gasteiger partial charge is 0.492 e. The summed E-state index contributed by atoms with van der Waals surface area (Å²) in [6.45, 7) is 3.93. The van der Waals surface area contributed by atoms with Crippen LogP contribution in [0.5, 0.6) is 5.75 Å². The van der Waals surface area contributed by atoms with E-state index in [-0.39, 0.29) is 24.3 Å². The van der Waals surface area contributed by atoms with Crippen molar-refractivity contribution in [3.63, 3.8) is 0 Å². The quantitative estimate of drug-likeness (QED) is 0.660. The number of aryl methyl sites for hydroxylation is 1. The van der Waals surface area contributed by atoms with E-state index in [1.54, 1.807) is 4.90 Å². The minimum absolute atomic E-state index is 0.0236. The van der Waals surface area contributed by atoms with Crippen LogP contribution in [0.15, 0.2) is 54.6 Å². The molecule has 1 unspecified atom stereocenters. The molecule has 1 fully saturated rings. The smallest absolute Gasteiger partial charge is 0.233 e. The predicted octanol–water partition coefficient (Wildman–Crippen LogP) is 3.41. The number of carbonyl (C=O) groups excluding carboxylic acids is 2. The van der Waals surface area contributed by atoms with Crippen LogP contribution >= 0.6 is 0 Å². The van der Waals surface area contributed by atoms with Gasteiger partial charge in [0.05, 0.1) is 12.6 Å². The molecule has 1 heterocycles. The number of nitrogens with zero attached hydrogens (tertiary/aromatic N) is 1. The highest BCUT2D eigenvalue weighted by Gasteiger charge is 2.24. The molecular weight excluding hydrogens is 368 g/mol. The molecule has 6 nitrogen and oxygen atoms in total. The summed E-state index contributed by atoms with van der Waals surface area (Å²) in [5.74, 6) is 0.221. The zero-order chi connectivity index (χ0) is 20.5. The third kappa shape index (κ3) is 6.91. The Bertz CT molecular complexity index is 804. The molecule has 154 valence electrons. The highest BCUT2D eigenvalue weighted by Crippen LogP contribution is 2.15. The SMILES string of the molecule is Cc1cccc(NC(=O)CC(=O)N(CCOc2ccccc2)CC2CCCO2)c1. The van der Waals surface area contributed by atoms with E-state index in [2.05, 4.69) is 5.32 Å². The van der Waals surface area contributed by atoms with Crippen molar-refractivity contribution in [3.05, 3.63) is 60.2 Å². The first-order valence-corrected chi connectivity index (χ1v) is 10.0. The third-order valence-corrected chi connectivity index (χ3v) is 4.79. The fourth-order valence-corrected chi connectivity index (χ4v) is 3.32. The molecule has 1 aliphatic heterocycles. The standard InChI is InChI=1S/C23H28N2O4/c1-18-7-5-8-19(15-18)24-22(26)16-23(27)25(17-21-11-6-13-28-21)12-14-29-20-9-3-2-4-10-20/h2-5,7-10,15,21H,6,11-14,16-17H2,1H3,(H,24,26). The maximum absolute atomic E-state index is 12.8. The van der Waals surface area contributed by atoms with E-state index in [1.165, 1.54) is 0 Å². The van der Waals surface area contributed by atoms with Gasteiger partial charge in [0.2, 0.25) is 11.8 Å². The van der Waals surface area contributed by atoms with Crippen LogP contribution in [0.4, 0.5) is 5.69 Å². The molecule has 2 aromatic rings. The summed E-state index contributed by atoms with van der Waals surface area (Å²) in [7, 11) is 0. The summed E-state index contributed by atoms with van der Waals surface area (Å²) in [6, 6.07) is 17.0. The van der Waals surface area contributed by atoms with Gasteiger partial charge < -0.3 is 19.7 Å². The lowest BCUT2D eigenvalue weighted by atomic mass is 10.2. The number of nitrogens with one attached hydrogen (secondary N) is 1. The minimum atomic E-state index is -0.318. The molecule has 1 atom stereocenters. The van der Waals surface area contributed by atoms with Gasteiger partial charge in [0, 0.05) is 18.8 Å². The van der Waals surface area contributed by atoms with E-state index >= 15 is 0 Å².